The number of aliphatic hydroxyl groups is 1. The summed E-state index contributed by atoms with van der Waals surface area (Å²) in [6, 6.07) is 12.1. The Morgan fingerprint density at radius 1 is 1.19 bits per heavy atom. The molecule has 3 amide bonds. The van der Waals surface area contributed by atoms with Gasteiger partial charge in [-0.2, -0.15) is 0 Å². The SMILES string of the molecule is NC(=O)C1(c2ccc(NC(=O)c3ccccc3Cl)cc2)NC=NC1C(=O)NCCN1CCCC(O)C1. The minimum Gasteiger partial charge on any atom is -0.392 e. The summed E-state index contributed by atoms with van der Waals surface area (Å²) < 4.78 is 0. The third-order valence-corrected chi connectivity index (χ3v) is 6.82. The van der Waals surface area contributed by atoms with Crippen LogP contribution in [-0.4, -0.2) is 72.4 Å². The highest BCUT2D eigenvalue weighted by Gasteiger charge is 2.52. The minimum absolute atomic E-state index is 0.330. The van der Waals surface area contributed by atoms with Crippen LogP contribution in [0.1, 0.15) is 28.8 Å². The summed E-state index contributed by atoms with van der Waals surface area (Å²) in [5, 5.41) is 18.6. The Morgan fingerprint density at radius 2 is 1.94 bits per heavy atom. The van der Waals surface area contributed by atoms with Crippen molar-refractivity contribution in [2.24, 2.45) is 10.7 Å². The maximum absolute atomic E-state index is 13.0. The van der Waals surface area contributed by atoms with Crippen molar-refractivity contribution in [3.8, 4) is 0 Å². The monoisotopic (exact) mass is 512 g/mol. The van der Waals surface area contributed by atoms with Gasteiger partial charge in [-0.25, -0.2) is 0 Å². The highest BCUT2D eigenvalue weighted by atomic mass is 35.5. The molecular formula is C25H29ClN6O4. The molecule has 2 aliphatic rings. The quantitative estimate of drug-likeness (QED) is 0.354. The van der Waals surface area contributed by atoms with Crippen LogP contribution in [0.2, 0.25) is 5.02 Å². The molecule has 1 saturated heterocycles. The number of aliphatic hydroxyl groups excluding tert-OH is 1. The number of β-amino-alcohol motifs (C(OH)–C–C–N with tert-alkyl or cyclic N) is 1. The van der Waals surface area contributed by atoms with Crippen LogP contribution in [0.15, 0.2) is 53.5 Å². The molecule has 10 nitrogen and oxygen atoms in total. The van der Waals surface area contributed by atoms with Crippen LogP contribution < -0.4 is 21.7 Å². The number of hydrogen-bond acceptors (Lipinski definition) is 7. The van der Waals surface area contributed by atoms with Gasteiger partial charge in [0.1, 0.15) is 0 Å². The van der Waals surface area contributed by atoms with E-state index in [4.69, 9.17) is 17.3 Å². The molecule has 3 atom stereocenters. The largest absolute Gasteiger partial charge is 0.392 e. The normalized spacial score (nSPS) is 23.6. The van der Waals surface area contributed by atoms with Gasteiger partial charge in [-0.1, -0.05) is 35.9 Å². The summed E-state index contributed by atoms with van der Waals surface area (Å²) in [6.07, 6.45) is 2.65. The molecule has 2 aromatic rings. The van der Waals surface area contributed by atoms with Crippen LogP contribution >= 0.6 is 11.6 Å². The highest BCUT2D eigenvalue weighted by Crippen LogP contribution is 2.31. The van der Waals surface area contributed by atoms with Gasteiger partial charge in [0.15, 0.2) is 11.6 Å². The first-order valence-electron chi connectivity index (χ1n) is 11.7. The Bertz CT molecular complexity index is 1160. The zero-order chi connectivity index (χ0) is 25.7. The fourth-order valence-corrected chi connectivity index (χ4v) is 4.81. The van der Waals surface area contributed by atoms with Gasteiger partial charge < -0.3 is 26.8 Å². The van der Waals surface area contributed by atoms with Crippen LogP contribution in [0, 0.1) is 0 Å². The van der Waals surface area contributed by atoms with E-state index in [0.29, 0.717) is 41.5 Å². The van der Waals surface area contributed by atoms with Gasteiger partial charge in [-0.15, -0.1) is 0 Å². The lowest BCUT2D eigenvalue weighted by atomic mass is 9.82. The molecular weight excluding hydrogens is 484 g/mol. The number of primary amides is 1. The van der Waals surface area contributed by atoms with Crippen molar-refractivity contribution in [2.75, 3.05) is 31.5 Å². The van der Waals surface area contributed by atoms with Crippen LogP contribution in [0.5, 0.6) is 0 Å². The standard InChI is InChI=1S/C25H29ClN6O4/c26-20-6-2-1-5-19(20)22(34)31-17-9-7-16(8-10-17)25(24(27)36)21(29-15-30-25)23(35)28-11-13-32-12-3-4-18(33)14-32/h1-2,5-10,15,18,21,33H,3-4,11-14H2,(H2,27,36)(H,28,35)(H,29,30)(H,31,34). The summed E-state index contributed by atoms with van der Waals surface area (Å²) in [4.78, 5) is 44.5. The van der Waals surface area contributed by atoms with Crippen LogP contribution in [0.4, 0.5) is 5.69 Å². The maximum atomic E-state index is 13.0. The number of aliphatic imine (C=N–C) groups is 1. The molecule has 0 spiro atoms. The van der Waals surface area contributed by atoms with Gasteiger partial charge >= 0.3 is 0 Å². The highest BCUT2D eigenvalue weighted by molar-refractivity contribution is 6.34. The predicted molar refractivity (Wildman–Crippen MR) is 137 cm³/mol. The fourth-order valence-electron chi connectivity index (χ4n) is 4.59. The first kappa shape index (κ1) is 25.6. The van der Waals surface area contributed by atoms with Gasteiger partial charge in [0.25, 0.3) is 11.8 Å². The van der Waals surface area contributed by atoms with E-state index in [-0.39, 0.29) is 12.0 Å². The summed E-state index contributed by atoms with van der Waals surface area (Å²) in [6.45, 7) is 2.36. The number of carbonyl (C=O) groups excluding carboxylic acids is 3. The zero-order valence-corrected chi connectivity index (χ0v) is 20.4. The summed E-state index contributed by atoms with van der Waals surface area (Å²) >= 11 is 6.10. The van der Waals surface area contributed by atoms with Gasteiger partial charge in [0.05, 0.1) is 23.0 Å². The topological polar surface area (TPSA) is 149 Å². The number of benzene rings is 2. The van der Waals surface area contributed by atoms with E-state index >= 15 is 0 Å². The van der Waals surface area contributed by atoms with Gasteiger partial charge in [0, 0.05) is 25.3 Å². The number of carbonyl (C=O) groups is 3. The molecule has 2 heterocycles. The average molecular weight is 513 g/mol. The maximum Gasteiger partial charge on any atom is 0.257 e. The lowest BCUT2D eigenvalue weighted by Crippen LogP contribution is -2.60. The van der Waals surface area contributed by atoms with Gasteiger partial charge in [-0.3, -0.25) is 24.3 Å². The van der Waals surface area contributed by atoms with E-state index in [0.717, 1.165) is 19.4 Å². The average Bonchev–Trinajstić information content (AvgIpc) is 3.31. The molecule has 0 aliphatic carbocycles. The molecule has 2 aromatic carbocycles. The van der Waals surface area contributed by atoms with E-state index < -0.39 is 23.4 Å². The number of nitrogens with one attached hydrogen (secondary N) is 3. The Labute approximate surface area is 213 Å². The molecule has 0 aromatic heterocycles. The molecule has 1 fully saturated rings. The van der Waals surface area contributed by atoms with Crippen LogP contribution in [-0.2, 0) is 15.1 Å². The molecule has 2 aliphatic heterocycles. The number of likely N-dealkylation sites (tertiary alicyclic amines) is 1. The van der Waals surface area contributed by atoms with Crippen molar-refractivity contribution in [3.63, 3.8) is 0 Å². The number of nitrogens with zero attached hydrogens (tertiary/aromatic N) is 2. The Hall–Kier alpha value is -3.47. The molecule has 36 heavy (non-hydrogen) atoms. The number of anilines is 1. The smallest absolute Gasteiger partial charge is 0.257 e. The van der Waals surface area contributed by atoms with E-state index in [2.05, 4.69) is 25.8 Å². The number of rotatable bonds is 8. The molecule has 0 saturated carbocycles. The molecule has 0 bridgehead atoms. The zero-order valence-electron chi connectivity index (χ0n) is 19.6. The van der Waals surface area contributed by atoms with Crippen molar-refractivity contribution in [1.29, 1.82) is 0 Å². The van der Waals surface area contributed by atoms with E-state index in [1.807, 2.05) is 0 Å². The minimum atomic E-state index is -1.57. The second kappa shape index (κ2) is 11.1. The van der Waals surface area contributed by atoms with E-state index in [1.54, 1.807) is 48.5 Å². The lowest BCUT2D eigenvalue weighted by molar-refractivity contribution is -0.131. The van der Waals surface area contributed by atoms with Gasteiger partial charge in [0.2, 0.25) is 5.91 Å². The predicted octanol–water partition coefficient (Wildman–Crippen LogP) is 0.846. The molecule has 3 unspecified atom stereocenters. The number of halogens is 1. The Kier molecular flexibility index (Phi) is 7.88. The first-order chi connectivity index (χ1) is 17.3. The van der Waals surface area contributed by atoms with Crippen LogP contribution in [0.25, 0.3) is 0 Å². The first-order valence-corrected chi connectivity index (χ1v) is 12.1. The number of nitrogens with two attached hydrogens (primary N) is 1. The third kappa shape index (κ3) is 5.35. The Morgan fingerprint density at radius 3 is 2.64 bits per heavy atom. The van der Waals surface area contributed by atoms with Crippen molar-refractivity contribution in [3.05, 3.63) is 64.7 Å². The van der Waals surface area contributed by atoms with Crippen molar-refractivity contribution < 1.29 is 19.5 Å². The molecule has 11 heteroatoms. The summed E-state index contributed by atoms with van der Waals surface area (Å²) in [5.74, 6) is -1.57. The van der Waals surface area contributed by atoms with E-state index in [1.165, 1.54) is 6.34 Å². The molecule has 190 valence electrons. The number of piperidine rings is 1. The van der Waals surface area contributed by atoms with Gasteiger partial charge in [-0.05, 0) is 49.2 Å². The van der Waals surface area contributed by atoms with Crippen molar-refractivity contribution in [1.82, 2.24) is 15.5 Å². The second-order valence-corrected chi connectivity index (χ2v) is 9.30. The molecule has 4 rings (SSSR count). The lowest BCUT2D eigenvalue weighted by Gasteiger charge is -2.32. The number of amides is 3. The number of hydrogen-bond donors (Lipinski definition) is 5. The van der Waals surface area contributed by atoms with Crippen molar-refractivity contribution in [2.45, 2.75) is 30.5 Å². The van der Waals surface area contributed by atoms with E-state index in [9.17, 15) is 19.5 Å². The van der Waals surface area contributed by atoms with Crippen LogP contribution in [0.3, 0.4) is 0 Å². The fraction of sp³-hybridized carbons (Fsp3) is 0.360. The third-order valence-electron chi connectivity index (χ3n) is 6.49. The van der Waals surface area contributed by atoms with Crippen molar-refractivity contribution >= 4 is 41.3 Å². The Balaban J connectivity index is 1.44. The summed E-state index contributed by atoms with van der Waals surface area (Å²) in [7, 11) is 0. The molecule has 0 radical (unpaired) electrons. The second-order valence-electron chi connectivity index (χ2n) is 8.90. The molecule has 6 N–H and O–H groups in total. The summed E-state index contributed by atoms with van der Waals surface area (Å²) in [5.41, 5.74) is 5.45.